The van der Waals surface area contributed by atoms with Crippen molar-refractivity contribution >= 4 is 0 Å². The van der Waals surface area contributed by atoms with Crippen LogP contribution in [-0.4, -0.2) is 0 Å². The lowest BCUT2D eigenvalue weighted by Gasteiger charge is -1.98. The standard InChI is InChI=1S/C12H19N/c13-11-12-9-7-5-3-1-2-4-6-8-10-12/h9H,1-8,10H2/b12-9+. The van der Waals surface area contributed by atoms with Gasteiger partial charge in [-0.05, 0) is 25.7 Å². The Hall–Kier alpha value is -0.770. The Balaban J connectivity index is 2.36. The molecule has 0 spiro atoms. The van der Waals surface area contributed by atoms with Gasteiger partial charge >= 0.3 is 0 Å². The highest BCUT2D eigenvalue weighted by atomic mass is 14.2. The molecule has 0 heterocycles. The Bertz CT molecular complexity index is 198. The molecule has 0 aromatic rings. The quantitative estimate of drug-likeness (QED) is 0.549. The van der Waals surface area contributed by atoms with E-state index in [2.05, 4.69) is 12.1 Å². The topological polar surface area (TPSA) is 23.8 Å². The first kappa shape index (κ1) is 10.3. The van der Waals surface area contributed by atoms with Gasteiger partial charge < -0.3 is 0 Å². The molecule has 1 rings (SSSR count). The van der Waals surface area contributed by atoms with Gasteiger partial charge in [0, 0.05) is 5.57 Å². The van der Waals surface area contributed by atoms with Gasteiger partial charge in [0.2, 0.25) is 0 Å². The predicted octanol–water partition coefficient (Wildman–Crippen LogP) is 3.96. The van der Waals surface area contributed by atoms with Gasteiger partial charge in [-0.25, -0.2) is 0 Å². The smallest absolute Gasteiger partial charge is 0.0943 e. The molecule has 0 amide bonds. The summed E-state index contributed by atoms with van der Waals surface area (Å²) in [6.45, 7) is 0. The third-order valence-corrected chi connectivity index (χ3v) is 2.68. The molecule has 1 nitrogen and oxygen atoms in total. The highest BCUT2D eigenvalue weighted by molar-refractivity contribution is 5.20. The summed E-state index contributed by atoms with van der Waals surface area (Å²) in [6.07, 6.45) is 13.5. The van der Waals surface area contributed by atoms with Crippen molar-refractivity contribution < 1.29 is 0 Å². The van der Waals surface area contributed by atoms with Crippen molar-refractivity contribution in [2.24, 2.45) is 0 Å². The van der Waals surface area contributed by atoms with Crippen LogP contribution in [0.5, 0.6) is 0 Å². The molecule has 0 atom stereocenters. The van der Waals surface area contributed by atoms with E-state index in [-0.39, 0.29) is 0 Å². The van der Waals surface area contributed by atoms with Crippen LogP contribution in [0.4, 0.5) is 0 Å². The Morgan fingerprint density at radius 1 is 0.923 bits per heavy atom. The molecule has 0 saturated heterocycles. The molecule has 0 N–H and O–H groups in total. The summed E-state index contributed by atoms with van der Waals surface area (Å²) in [6, 6.07) is 2.30. The summed E-state index contributed by atoms with van der Waals surface area (Å²) in [4.78, 5) is 0. The molecule has 1 aliphatic carbocycles. The van der Waals surface area contributed by atoms with Gasteiger partial charge in [-0.2, -0.15) is 5.26 Å². The van der Waals surface area contributed by atoms with E-state index in [1.54, 1.807) is 0 Å². The molecule has 72 valence electrons. The van der Waals surface area contributed by atoms with Crippen molar-refractivity contribution in [3.63, 3.8) is 0 Å². The van der Waals surface area contributed by atoms with Gasteiger partial charge in [-0.1, -0.05) is 38.2 Å². The fraction of sp³-hybridized carbons (Fsp3) is 0.750. The van der Waals surface area contributed by atoms with Crippen LogP contribution in [0.3, 0.4) is 0 Å². The minimum Gasteiger partial charge on any atom is -0.193 e. The van der Waals surface area contributed by atoms with Gasteiger partial charge in [0.15, 0.2) is 0 Å². The minimum absolute atomic E-state index is 1.01. The molecular formula is C12H19N. The second kappa shape index (κ2) is 6.71. The average molecular weight is 177 g/mol. The van der Waals surface area contributed by atoms with Gasteiger partial charge in [0.1, 0.15) is 0 Å². The van der Waals surface area contributed by atoms with Crippen molar-refractivity contribution in [1.29, 1.82) is 5.26 Å². The third kappa shape index (κ3) is 4.72. The van der Waals surface area contributed by atoms with E-state index in [0.29, 0.717) is 0 Å². The van der Waals surface area contributed by atoms with Gasteiger partial charge in [-0.3, -0.25) is 0 Å². The van der Waals surface area contributed by atoms with Gasteiger partial charge in [-0.15, -0.1) is 0 Å². The Morgan fingerprint density at radius 2 is 1.54 bits per heavy atom. The largest absolute Gasteiger partial charge is 0.193 e. The predicted molar refractivity (Wildman–Crippen MR) is 55.2 cm³/mol. The van der Waals surface area contributed by atoms with Crippen LogP contribution in [-0.2, 0) is 0 Å². The molecule has 0 saturated carbocycles. The molecule has 0 aromatic carbocycles. The lowest BCUT2D eigenvalue weighted by atomic mass is 10.1. The van der Waals surface area contributed by atoms with Crippen LogP contribution < -0.4 is 0 Å². The first-order valence-corrected chi connectivity index (χ1v) is 5.52. The normalized spacial score (nSPS) is 25.0. The molecule has 0 fully saturated rings. The first-order chi connectivity index (χ1) is 6.43. The SMILES string of the molecule is N#C/C1=C/CCCCCCCCC1. The third-order valence-electron chi connectivity index (χ3n) is 2.68. The molecule has 0 bridgehead atoms. The van der Waals surface area contributed by atoms with Crippen LogP contribution in [0.1, 0.15) is 57.8 Å². The van der Waals surface area contributed by atoms with E-state index in [0.717, 1.165) is 18.4 Å². The number of hydrogen-bond acceptors (Lipinski definition) is 1. The van der Waals surface area contributed by atoms with E-state index in [9.17, 15) is 0 Å². The maximum absolute atomic E-state index is 8.82. The fourth-order valence-electron chi connectivity index (χ4n) is 1.82. The van der Waals surface area contributed by atoms with Crippen LogP contribution in [0, 0.1) is 11.3 Å². The number of rotatable bonds is 0. The summed E-state index contributed by atoms with van der Waals surface area (Å²) >= 11 is 0. The van der Waals surface area contributed by atoms with Gasteiger partial charge in [0.05, 0.1) is 6.07 Å². The lowest BCUT2D eigenvalue weighted by molar-refractivity contribution is 0.588. The van der Waals surface area contributed by atoms with E-state index in [1.165, 1.54) is 44.9 Å². The molecule has 0 radical (unpaired) electrons. The van der Waals surface area contributed by atoms with Gasteiger partial charge in [0.25, 0.3) is 0 Å². The summed E-state index contributed by atoms with van der Waals surface area (Å²) in [5, 5.41) is 8.82. The van der Waals surface area contributed by atoms with Crippen LogP contribution in [0.25, 0.3) is 0 Å². The molecule has 0 aromatic heterocycles. The molecule has 0 unspecified atom stereocenters. The number of nitriles is 1. The highest BCUT2D eigenvalue weighted by Crippen LogP contribution is 2.15. The molecule has 13 heavy (non-hydrogen) atoms. The Kier molecular flexibility index (Phi) is 5.33. The highest BCUT2D eigenvalue weighted by Gasteiger charge is 1.98. The van der Waals surface area contributed by atoms with E-state index in [4.69, 9.17) is 5.26 Å². The van der Waals surface area contributed by atoms with Crippen LogP contribution >= 0.6 is 0 Å². The minimum atomic E-state index is 1.01. The number of nitrogens with zero attached hydrogens (tertiary/aromatic N) is 1. The van der Waals surface area contributed by atoms with Crippen molar-refractivity contribution in [2.75, 3.05) is 0 Å². The Labute approximate surface area is 81.5 Å². The summed E-state index contributed by atoms with van der Waals surface area (Å²) in [5.74, 6) is 0. The van der Waals surface area contributed by atoms with Crippen molar-refractivity contribution in [1.82, 2.24) is 0 Å². The first-order valence-electron chi connectivity index (χ1n) is 5.52. The maximum atomic E-state index is 8.82. The van der Waals surface area contributed by atoms with Crippen molar-refractivity contribution in [3.8, 4) is 6.07 Å². The maximum Gasteiger partial charge on any atom is 0.0943 e. The lowest BCUT2D eigenvalue weighted by Crippen LogP contribution is -1.81. The Morgan fingerprint density at radius 3 is 2.23 bits per heavy atom. The zero-order chi connectivity index (χ0) is 9.36. The summed E-state index contributed by atoms with van der Waals surface area (Å²) < 4.78 is 0. The number of hydrogen-bond donors (Lipinski definition) is 0. The van der Waals surface area contributed by atoms with Crippen molar-refractivity contribution in [3.05, 3.63) is 11.6 Å². The molecule has 0 aliphatic heterocycles. The average Bonchev–Trinajstić information content (AvgIpc) is 2.22. The number of allylic oxidation sites excluding steroid dienone is 2. The summed E-state index contributed by atoms with van der Waals surface area (Å²) in [5.41, 5.74) is 1.02. The molecule has 1 aliphatic rings. The second-order valence-electron chi connectivity index (χ2n) is 3.85. The van der Waals surface area contributed by atoms with Crippen molar-refractivity contribution in [2.45, 2.75) is 57.8 Å². The molecule has 1 heteroatoms. The second-order valence-corrected chi connectivity index (χ2v) is 3.85. The van der Waals surface area contributed by atoms with Crippen LogP contribution in [0.15, 0.2) is 11.6 Å². The van der Waals surface area contributed by atoms with E-state index < -0.39 is 0 Å². The zero-order valence-corrected chi connectivity index (χ0v) is 8.39. The van der Waals surface area contributed by atoms with Crippen LogP contribution in [0.2, 0.25) is 0 Å². The zero-order valence-electron chi connectivity index (χ0n) is 8.39. The van der Waals surface area contributed by atoms with E-state index >= 15 is 0 Å². The van der Waals surface area contributed by atoms with E-state index in [1.807, 2.05) is 0 Å². The fourth-order valence-corrected chi connectivity index (χ4v) is 1.82. The monoisotopic (exact) mass is 177 g/mol. The summed E-state index contributed by atoms with van der Waals surface area (Å²) in [7, 11) is 0. The molecular weight excluding hydrogens is 158 g/mol.